The molecule has 0 spiro atoms. The van der Waals surface area contributed by atoms with Gasteiger partial charge in [0, 0.05) is 11.6 Å². The number of hydrogen-bond donors (Lipinski definition) is 1. The van der Waals surface area contributed by atoms with Gasteiger partial charge in [-0.3, -0.25) is 0 Å². The zero-order valence-electron chi connectivity index (χ0n) is 12.5. The van der Waals surface area contributed by atoms with E-state index in [1.54, 1.807) is 0 Å². The van der Waals surface area contributed by atoms with E-state index in [1.807, 2.05) is 12.2 Å². The largest absolute Gasteiger partial charge is 0.313 e. The van der Waals surface area contributed by atoms with Crippen molar-refractivity contribution in [2.24, 2.45) is 0 Å². The van der Waals surface area contributed by atoms with Gasteiger partial charge >= 0.3 is 0 Å². The van der Waals surface area contributed by atoms with E-state index >= 15 is 0 Å². The normalized spacial score (nSPS) is 11.6. The lowest BCUT2D eigenvalue weighted by Gasteiger charge is -2.06. The van der Waals surface area contributed by atoms with Crippen LogP contribution in [0.2, 0.25) is 0 Å². The molecule has 0 saturated carbocycles. The summed E-state index contributed by atoms with van der Waals surface area (Å²) in [6.45, 7) is 11.6. The predicted molar refractivity (Wildman–Crippen MR) is 88.8 cm³/mol. The van der Waals surface area contributed by atoms with Crippen molar-refractivity contribution in [1.82, 2.24) is 5.32 Å². The van der Waals surface area contributed by atoms with Crippen LogP contribution in [0.3, 0.4) is 0 Å². The molecule has 0 saturated heterocycles. The summed E-state index contributed by atoms with van der Waals surface area (Å²) in [5, 5.41) is 3.97. The molecule has 0 atom stereocenters. The summed E-state index contributed by atoms with van der Waals surface area (Å²) in [5.41, 5.74) is 1.10. The fourth-order valence-electron chi connectivity index (χ4n) is 2.00. The molecule has 0 radical (unpaired) electrons. The van der Waals surface area contributed by atoms with Crippen LogP contribution in [0.25, 0.3) is 0 Å². The van der Waals surface area contributed by atoms with Gasteiger partial charge in [0.1, 0.15) is 0 Å². The van der Waals surface area contributed by atoms with Crippen molar-refractivity contribution in [1.29, 1.82) is 0 Å². The SMILES string of the molecule is C=C/C(=C\C(=C)Cl)CNCCCCCCCCCC. The third-order valence-corrected chi connectivity index (χ3v) is 3.25. The van der Waals surface area contributed by atoms with E-state index in [9.17, 15) is 0 Å². The van der Waals surface area contributed by atoms with Crippen molar-refractivity contribution in [2.75, 3.05) is 13.1 Å². The second kappa shape index (κ2) is 13.9. The maximum Gasteiger partial charge on any atom is 0.0337 e. The third kappa shape index (κ3) is 13.7. The molecule has 1 N–H and O–H groups in total. The highest BCUT2D eigenvalue weighted by molar-refractivity contribution is 6.30. The average Bonchev–Trinajstić information content (AvgIpc) is 2.39. The highest BCUT2D eigenvalue weighted by atomic mass is 35.5. The molecule has 0 fully saturated rings. The molecule has 0 rings (SSSR count). The molecule has 0 bridgehead atoms. The molecule has 0 amide bonds. The van der Waals surface area contributed by atoms with Gasteiger partial charge in [-0.05, 0) is 24.6 Å². The average molecular weight is 284 g/mol. The van der Waals surface area contributed by atoms with Crippen LogP contribution in [-0.4, -0.2) is 13.1 Å². The number of allylic oxidation sites excluding steroid dienone is 2. The Morgan fingerprint density at radius 1 is 1.05 bits per heavy atom. The Morgan fingerprint density at radius 2 is 1.63 bits per heavy atom. The second-order valence-corrected chi connectivity index (χ2v) is 5.51. The molecule has 0 heterocycles. The third-order valence-electron chi connectivity index (χ3n) is 3.14. The number of unbranched alkanes of at least 4 members (excludes halogenated alkanes) is 7. The molecule has 0 unspecified atom stereocenters. The van der Waals surface area contributed by atoms with Crippen LogP contribution in [-0.2, 0) is 0 Å². The Morgan fingerprint density at radius 3 is 2.16 bits per heavy atom. The summed E-state index contributed by atoms with van der Waals surface area (Å²) < 4.78 is 0. The Hall–Kier alpha value is -0.530. The van der Waals surface area contributed by atoms with Gasteiger partial charge < -0.3 is 5.32 Å². The van der Waals surface area contributed by atoms with Crippen LogP contribution >= 0.6 is 11.6 Å². The Labute approximate surface area is 124 Å². The summed E-state index contributed by atoms with van der Waals surface area (Å²) in [4.78, 5) is 0. The summed E-state index contributed by atoms with van der Waals surface area (Å²) in [7, 11) is 0. The molecule has 0 aliphatic heterocycles. The van der Waals surface area contributed by atoms with E-state index in [-0.39, 0.29) is 0 Å². The molecule has 0 aromatic heterocycles. The van der Waals surface area contributed by atoms with Crippen LogP contribution in [0.5, 0.6) is 0 Å². The van der Waals surface area contributed by atoms with Gasteiger partial charge in [-0.2, -0.15) is 0 Å². The van der Waals surface area contributed by atoms with E-state index in [0.29, 0.717) is 5.03 Å². The Balaban J connectivity index is 3.35. The van der Waals surface area contributed by atoms with Crippen LogP contribution < -0.4 is 5.32 Å². The first-order chi connectivity index (χ1) is 9.20. The quantitative estimate of drug-likeness (QED) is 0.344. The lowest BCUT2D eigenvalue weighted by atomic mass is 10.1. The fourth-order valence-corrected chi connectivity index (χ4v) is 2.14. The minimum absolute atomic E-state index is 0.559. The summed E-state index contributed by atoms with van der Waals surface area (Å²) >= 11 is 5.74. The monoisotopic (exact) mass is 283 g/mol. The van der Waals surface area contributed by atoms with E-state index in [2.05, 4.69) is 25.4 Å². The second-order valence-electron chi connectivity index (χ2n) is 5.02. The van der Waals surface area contributed by atoms with Crippen LogP contribution in [0, 0.1) is 0 Å². The number of nitrogens with one attached hydrogen (secondary N) is 1. The highest BCUT2D eigenvalue weighted by Crippen LogP contribution is 2.08. The van der Waals surface area contributed by atoms with Gasteiger partial charge in [-0.25, -0.2) is 0 Å². The molecule has 110 valence electrons. The van der Waals surface area contributed by atoms with Gasteiger partial charge in [0.2, 0.25) is 0 Å². The van der Waals surface area contributed by atoms with Gasteiger partial charge in [0.15, 0.2) is 0 Å². The molecular weight excluding hydrogens is 254 g/mol. The molecular formula is C17H30ClN. The molecule has 2 heteroatoms. The number of rotatable bonds is 13. The minimum Gasteiger partial charge on any atom is -0.313 e. The zero-order valence-corrected chi connectivity index (χ0v) is 13.3. The topological polar surface area (TPSA) is 12.0 Å². The van der Waals surface area contributed by atoms with E-state index in [4.69, 9.17) is 11.6 Å². The molecule has 0 aromatic rings. The van der Waals surface area contributed by atoms with Gasteiger partial charge in [0.25, 0.3) is 0 Å². The molecule has 0 aliphatic carbocycles. The van der Waals surface area contributed by atoms with Crippen molar-refractivity contribution in [3.8, 4) is 0 Å². The van der Waals surface area contributed by atoms with E-state index in [0.717, 1.165) is 18.7 Å². The van der Waals surface area contributed by atoms with E-state index < -0.39 is 0 Å². The van der Waals surface area contributed by atoms with Crippen molar-refractivity contribution in [3.63, 3.8) is 0 Å². The molecule has 1 nitrogen and oxygen atoms in total. The zero-order chi connectivity index (χ0) is 14.3. The lowest BCUT2D eigenvalue weighted by molar-refractivity contribution is 0.562. The van der Waals surface area contributed by atoms with Crippen molar-refractivity contribution in [2.45, 2.75) is 58.3 Å². The standard InChI is InChI=1S/C17H30ClN/c1-4-6-7-8-9-10-11-12-13-19-15-17(5-2)14-16(3)18/h5,14,19H,2-4,6-13,15H2,1H3/b17-14+. The van der Waals surface area contributed by atoms with E-state index in [1.165, 1.54) is 51.4 Å². The first-order valence-electron chi connectivity index (χ1n) is 7.58. The number of halogens is 1. The summed E-state index contributed by atoms with van der Waals surface area (Å²) in [6, 6.07) is 0. The minimum atomic E-state index is 0.559. The lowest BCUT2D eigenvalue weighted by Crippen LogP contribution is -2.17. The first kappa shape index (κ1) is 18.5. The van der Waals surface area contributed by atoms with Crippen molar-refractivity contribution >= 4 is 11.6 Å². The molecule has 19 heavy (non-hydrogen) atoms. The van der Waals surface area contributed by atoms with Gasteiger partial charge in [-0.1, -0.05) is 82.7 Å². The van der Waals surface area contributed by atoms with Crippen molar-refractivity contribution < 1.29 is 0 Å². The Kier molecular flexibility index (Phi) is 13.5. The smallest absolute Gasteiger partial charge is 0.0337 e. The number of hydrogen-bond acceptors (Lipinski definition) is 1. The first-order valence-corrected chi connectivity index (χ1v) is 7.96. The summed E-state index contributed by atoms with van der Waals surface area (Å²) in [5.74, 6) is 0. The van der Waals surface area contributed by atoms with Crippen LogP contribution in [0.1, 0.15) is 58.3 Å². The molecule has 0 aliphatic rings. The predicted octanol–water partition coefficient (Wildman–Crippen LogP) is 5.58. The van der Waals surface area contributed by atoms with Crippen molar-refractivity contribution in [3.05, 3.63) is 35.9 Å². The maximum atomic E-state index is 5.74. The Bertz CT molecular complexity index is 268. The summed E-state index contributed by atoms with van der Waals surface area (Å²) in [6.07, 6.45) is 14.6. The van der Waals surface area contributed by atoms with Gasteiger partial charge in [-0.15, -0.1) is 0 Å². The van der Waals surface area contributed by atoms with Crippen LogP contribution in [0.15, 0.2) is 35.9 Å². The molecule has 0 aromatic carbocycles. The maximum absolute atomic E-state index is 5.74. The van der Waals surface area contributed by atoms with Gasteiger partial charge in [0.05, 0.1) is 0 Å². The van der Waals surface area contributed by atoms with Crippen LogP contribution in [0.4, 0.5) is 0 Å². The highest BCUT2D eigenvalue weighted by Gasteiger charge is 1.94. The fraction of sp³-hybridized carbons (Fsp3) is 0.647.